The lowest BCUT2D eigenvalue weighted by molar-refractivity contribution is 0.185. The molecule has 0 aliphatic rings. The largest absolute Gasteiger partial charge is 0.481 e. The van der Waals surface area contributed by atoms with Crippen LogP contribution in [-0.4, -0.2) is 24.0 Å². The minimum atomic E-state index is 0.549. The number of methoxy groups -OCH3 is 2. The highest BCUT2D eigenvalue weighted by molar-refractivity contribution is 9.10. The third-order valence-corrected chi connectivity index (χ3v) is 4.09. The van der Waals surface area contributed by atoms with Crippen LogP contribution < -0.4 is 10.1 Å². The van der Waals surface area contributed by atoms with Gasteiger partial charge in [0.15, 0.2) is 0 Å². The monoisotopic (exact) mass is 353 g/mol. The number of nitrogens with one attached hydrogen (secondary N) is 1. The van der Waals surface area contributed by atoms with Crippen molar-refractivity contribution >= 4 is 21.6 Å². The first-order valence-electron chi connectivity index (χ1n) is 6.65. The first-order chi connectivity index (χ1) is 10.1. The summed E-state index contributed by atoms with van der Waals surface area (Å²) in [6, 6.07) is 6.05. The van der Waals surface area contributed by atoms with Crippen LogP contribution in [0, 0.1) is 6.92 Å². The highest BCUT2D eigenvalue weighted by Crippen LogP contribution is 2.27. The van der Waals surface area contributed by atoms with Gasteiger partial charge in [-0.25, -0.2) is 4.68 Å². The quantitative estimate of drug-likeness (QED) is 0.865. The average Bonchev–Trinajstić information content (AvgIpc) is 2.73. The molecule has 0 bridgehead atoms. The van der Waals surface area contributed by atoms with E-state index < -0.39 is 0 Å². The van der Waals surface area contributed by atoms with E-state index in [0.717, 1.165) is 32.9 Å². The molecule has 21 heavy (non-hydrogen) atoms. The molecule has 2 rings (SSSR count). The summed E-state index contributed by atoms with van der Waals surface area (Å²) >= 11 is 3.56. The second-order valence-corrected chi connectivity index (χ2v) is 5.60. The number of nitrogens with zero attached hydrogens (tertiary/aromatic N) is 2. The van der Waals surface area contributed by atoms with E-state index in [1.54, 1.807) is 18.9 Å². The van der Waals surface area contributed by atoms with Gasteiger partial charge in [0.2, 0.25) is 5.88 Å². The van der Waals surface area contributed by atoms with Crippen molar-refractivity contribution in [1.29, 1.82) is 0 Å². The van der Waals surface area contributed by atoms with Crippen LogP contribution in [0.3, 0.4) is 0 Å². The van der Waals surface area contributed by atoms with Crippen LogP contribution in [0.25, 0.3) is 0 Å². The van der Waals surface area contributed by atoms with Gasteiger partial charge in [-0.15, -0.1) is 0 Å². The molecule has 0 fully saturated rings. The minimum absolute atomic E-state index is 0.549. The van der Waals surface area contributed by atoms with Gasteiger partial charge in [0, 0.05) is 36.4 Å². The maximum Gasteiger partial charge on any atom is 0.216 e. The number of aromatic nitrogens is 2. The predicted octanol–water partition coefficient (Wildman–Crippen LogP) is 3.26. The Balaban J connectivity index is 2.23. The number of benzene rings is 1. The molecule has 114 valence electrons. The molecule has 6 heteroatoms. The molecule has 0 amide bonds. The highest BCUT2D eigenvalue weighted by atomic mass is 79.9. The second-order valence-electron chi connectivity index (χ2n) is 4.75. The van der Waals surface area contributed by atoms with Crippen molar-refractivity contribution in [2.45, 2.75) is 20.1 Å². The molecular formula is C15H20BrN3O2. The number of rotatable bonds is 6. The van der Waals surface area contributed by atoms with E-state index in [9.17, 15) is 0 Å². The van der Waals surface area contributed by atoms with E-state index in [1.807, 2.05) is 32.2 Å². The number of halogens is 1. The minimum Gasteiger partial charge on any atom is -0.481 e. The topological polar surface area (TPSA) is 48.3 Å². The summed E-state index contributed by atoms with van der Waals surface area (Å²) in [5, 5.41) is 7.83. The predicted molar refractivity (Wildman–Crippen MR) is 86.7 cm³/mol. The van der Waals surface area contributed by atoms with Gasteiger partial charge in [-0.2, -0.15) is 5.10 Å². The summed E-state index contributed by atoms with van der Waals surface area (Å²) in [5.74, 6) is 0.781. The summed E-state index contributed by atoms with van der Waals surface area (Å²) in [4.78, 5) is 0. The van der Waals surface area contributed by atoms with Crippen LogP contribution in [0.4, 0.5) is 5.69 Å². The number of aryl methyl sites for hydroxylation is 2. The fourth-order valence-corrected chi connectivity index (χ4v) is 2.82. The van der Waals surface area contributed by atoms with E-state index in [0.29, 0.717) is 13.2 Å². The summed E-state index contributed by atoms with van der Waals surface area (Å²) < 4.78 is 13.5. The molecule has 0 atom stereocenters. The van der Waals surface area contributed by atoms with Crippen molar-refractivity contribution in [2.24, 2.45) is 7.05 Å². The molecule has 1 heterocycles. The zero-order valence-corrected chi connectivity index (χ0v) is 14.3. The van der Waals surface area contributed by atoms with Crippen molar-refractivity contribution in [3.05, 3.63) is 39.5 Å². The molecule has 0 spiro atoms. The van der Waals surface area contributed by atoms with Crippen LogP contribution in [0.2, 0.25) is 0 Å². The van der Waals surface area contributed by atoms with Gasteiger partial charge < -0.3 is 14.8 Å². The van der Waals surface area contributed by atoms with Gasteiger partial charge >= 0.3 is 0 Å². The molecule has 0 unspecified atom stereocenters. The molecule has 0 aliphatic carbocycles. The lowest BCUT2D eigenvalue weighted by Gasteiger charge is -2.13. The van der Waals surface area contributed by atoms with Gasteiger partial charge in [-0.3, -0.25) is 0 Å². The van der Waals surface area contributed by atoms with E-state index >= 15 is 0 Å². The summed E-state index contributed by atoms with van der Waals surface area (Å²) in [5.41, 5.74) is 4.16. The Morgan fingerprint density at radius 3 is 2.71 bits per heavy atom. The van der Waals surface area contributed by atoms with Crippen LogP contribution >= 0.6 is 15.9 Å². The molecule has 0 radical (unpaired) electrons. The molecule has 5 nitrogen and oxygen atoms in total. The molecule has 0 saturated carbocycles. The normalized spacial score (nSPS) is 10.7. The van der Waals surface area contributed by atoms with Gasteiger partial charge in [-0.05, 0) is 19.1 Å². The number of hydrogen-bond acceptors (Lipinski definition) is 4. The highest BCUT2D eigenvalue weighted by Gasteiger charge is 2.14. The standard InChI is InChI=1S/C15H20BrN3O2/c1-10-11(15(21-4)19(2)18-10)8-17-14-7-5-6-13(16)12(14)9-20-3/h5-7,17H,8-9H2,1-4H3. The summed E-state index contributed by atoms with van der Waals surface area (Å²) in [7, 11) is 5.23. The van der Waals surface area contributed by atoms with Gasteiger partial charge in [0.25, 0.3) is 0 Å². The lowest BCUT2D eigenvalue weighted by Crippen LogP contribution is -2.05. The fraction of sp³-hybridized carbons (Fsp3) is 0.400. The zero-order valence-electron chi connectivity index (χ0n) is 12.7. The number of anilines is 1. The van der Waals surface area contributed by atoms with E-state index in [4.69, 9.17) is 9.47 Å². The van der Waals surface area contributed by atoms with E-state index in [2.05, 4.69) is 26.3 Å². The number of ether oxygens (including phenoxy) is 2. The van der Waals surface area contributed by atoms with Crippen molar-refractivity contribution < 1.29 is 9.47 Å². The van der Waals surface area contributed by atoms with Crippen LogP contribution in [0.1, 0.15) is 16.8 Å². The Labute approximate surface area is 133 Å². The van der Waals surface area contributed by atoms with E-state index in [-0.39, 0.29) is 0 Å². The second kappa shape index (κ2) is 6.95. The van der Waals surface area contributed by atoms with Crippen molar-refractivity contribution in [2.75, 3.05) is 19.5 Å². The molecule has 1 aromatic carbocycles. The van der Waals surface area contributed by atoms with Crippen molar-refractivity contribution in [3.8, 4) is 5.88 Å². The third-order valence-electron chi connectivity index (χ3n) is 3.35. The van der Waals surface area contributed by atoms with Crippen LogP contribution in [-0.2, 0) is 24.9 Å². The number of hydrogen-bond donors (Lipinski definition) is 1. The third kappa shape index (κ3) is 3.39. The van der Waals surface area contributed by atoms with Crippen LogP contribution in [0.15, 0.2) is 22.7 Å². The summed E-state index contributed by atoms with van der Waals surface area (Å²) in [6.45, 7) is 3.18. The Hall–Kier alpha value is -1.53. The molecular weight excluding hydrogens is 334 g/mol. The van der Waals surface area contributed by atoms with Crippen molar-refractivity contribution in [3.63, 3.8) is 0 Å². The SMILES string of the molecule is COCc1c(Br)cccc1NCc1c(C)nn(C)c1OC. The molecule has 1 aromatic heterocycles. The molecule has 1 N–H and O–H groups in total. The fourth-order valence-electron chi connectivity index (χ4n) is 2.34. The van der Waals surface area contributed by atoms with Crippen LogP contribution in [0.5, 0.6) is 5.88 Å². The Kier molecular flexibility index (Phi) is 5.25. The molecule has 0 saturated heterocycles. The Bertz CT molecular complexity index is 626. The smallest absolute Gasteiger partial charge is 0.216 e. The van der Waals surface area contributed by atoms with Gasteiger partial charge in [0.05, 0.1) is 25.0 Å². The summed E-state index contributed by atoms with van der Waals surface area (Å²) in [6.07, 6.45) is 0. The van der Waals surface area contributed by atoms with Gasteiger partial charge in [0.1, 0.15) is 0 Å². The maximum atomic E-state index is 5.41. The first-order valence-corrected chi connectivity index (χ1v) is 7.44. The van der Waals surface area contributed by atoms with Crippen molar-refractivity contribution in [1.82, 2.24) is 9.78 Å². The Morgan fingerprint density at radius 1 is 1.29 bits per heavy atom. The maximum absolute atomic E-state index is 5.41. The Morgan fingerprint density at radius 2 is 2.05 bits per heavy atom. The lowest BCUT2D eigenvalue weighted by atomic mass is 10.1. The average molecular weight is 354 g/mol. The molecule has 0 aliphatic heterocycles. The first kappa shape index (κ1) is 15.9. The molecule has 2 aromatic rings. The van der Waals surface area contributed by atoms with Gasteiger partial charge in [-0.1, -0.05) is 22.0 Å². The zero-order chi connectivity index (χ0) is 15.4. The van der Waals surface area contributed by atoms with E-state index in [1.165, 1.54) is 0 Å².